The molecule has 2 rings (SSSR count). The highest BCUT2D eigenvalue weighted by Crippen LogP contribution is 2.29. The van der Waals surface area contributed by atoms with E-state index >= 15 is 0 Å². The molecule has 0 saturated carbocycles. The summed E-state index contributed by atoms with van der Waals surface area (Å²) in [5.74, 6) is 1.28. The first-order valence-corrected chi connectivity index (χ1v) is 6.70. The zero-order valence-corrected chi connectivity index (χ0v) is 12.5. The van der Waals surface area contributed by atoms with Gasteiger partial charge in [0.15, 0.2) is 11.5 Å². The zero-order chi connectivity index (χ0) is 15.4. The molecule has 0 aliphatic heterocycles. The van der Waals surface area contributed by atoms with Crippen LogP contribution in [0.2, 0.25) is 0 Å². The molecule has 0 radical (unpaired) electrons. The summed E-state index contributed by atoms with van der Waals surface area (Å²) in [6, 6.07) is 10.4. The molecule has 0 aliphatic rings. The van der Waals surface area contributed by atoms with Crippen molar-refractivity contribution < 1.29 is 9.47 Å². The van der Waals surface area contributed by atoms with Crippen molar-refractivity contribution in [3.63, 3.8) is 0 Å². The van der Waals surface area contributed by atoms with Gasteiger partial charge in [0.05, 0.1) is 14.2 Å². The Kier molecular flexibility index (Phi) is 4.65. The van der Waals surface area contributed by atoms with Crippen LogP contribution in [0.3, 0.4) is 0 Å². The van der Waals surface area contributed by atoms with Gasteiger partial charge in [0, 0.05) is 24.3 Å². The monoisotopic (exact) mass is 288 g/mol. The molecule has 0 amide bonds. The van der Waals surface area contributed by atoms with Crippen molar-refractivity contribution in [2.24, 2.45) is 5.73 Å². The molecular formula is C16H20N2O3. The lowest BCUT2D eigenvalue weighted by Crippen LogP contribution is -2.27. The molecule has 0 bridgehead atoms. The lowest BCUT2D eigenvalue weighted by Gasteiger charge is -2.17. The van der Waals surface area contributed by atoms with E-state index in [-0.39, 0.29) is 11.6 Å². The van der Waals surface area contributed by atoms with E-state index < -0.39 is 0 Å². The van der Waals surface area contributed by atoms with Crippen LogP contribution in [0, 0.1) is 6.92 Å². The number of methoxy groups -OCH3 is 2. The first-order chi connectivity index (χ1) is 10.1. The van der Waals surface area contributed by atoms with E-state index in [2.05, 4.69) is 0 Å². The van der Waals surface area contributed by atoms with E-state index in [0.29, 0.717) is 18.0 Å². The fourth-order valence-corrected chi connectivity index (χ4v) is 2.24. The summed E-state index contributed by atoms with van der Waals surface area (Å²) in [5, 5.41) is 0. The fraction of sp³-hybridized carbons (Fsp3) is 0.312. The number of nitrogens with zero attached hydrogens (tertiary/aromatic N) is 1. The number of pyridine rings is 1. The third-order valence-electron chi connectivity index (χ3n) is 3.48. The summed E-state index contributed by atoms with van der Waals surface area (Å²) in [4.78, 5) is 11.9. The van der Waals surface area contributed by atoms with E-state index in [1.807, 2.05) is 31.2 Å². The quantitative estimate of drug-likeness (QED) is 0.912. The van der Waals surface area contributed by atoms with Gasteiger partial charge < -0.3 is 19.8 Å². The Morgan fingerprint density at radius 2 is 1.86 bits per heavy atom. The fourth-order valence-electron chi connectivity index (χ4n) is 2.24. The molecule has 112 valence electrons. The number of nitrogens with two attached hydrogens (primary N) is 1. The molecule has 5 heteroatoms. The largest absolute Gasteiger partial charge is 0.493 e. The van der Waals surface area contributed by atoms with Crippen LogP contribution in [-0.4, -0.2) is 18.8 Å². The van der Waals surface area contributed by atoms with Gasteiger partial charge in [-0.25, -0.2) is 0 Å². The highest BCUT2D eigenvalue weighted by molar-refractivity contribution is 5.43. The number of aromatic nitrogens is 1. The number of ether oxygens (including phenoxy) is 2. The van der Waals surface area contributed by atoms with Gasteiger partial charge in [-0.1, -0.05) is 12.1 Å². The van der Waals surface area contributed by atoms with E-state index in [1.165, 1.54) is 6.07 Å². The Balaban J connectivity index is 2.28. The van der Waals surface area contributed by atoms with Gasteiger partial charge in [0.2, 0.25) is 0 Å². The first kappa shape index (κ1) is 15.1. The first-order valence-electron chi connectivity index (χ1n) is 6.70. The van der Waals surface area contributed by atoms with Gasteiger partial charge in [-0.05, 0) is 30.7 Å². The van der Waals surface area contributed by atoms with Crippen molar-refractivity contribution in [1.29, 1.82) is 0 Å². The molecule has 1 heterocycles. The average molecular weight is 288 g/mol. The molecule has 0 spiro atoms. The van der Waals surface area contributed by atoms with Crippen molar-refractivity contribution in [2.75, 3.05) is 14.2 Å². The van der Waals surface area contributed by atoms with Crippen LogP contribution in [-0.2, 0) is 6.54 Å². The van der Waals surface area contributed by atoms with Gasteiger partial charge in [-0.2, -0.15) is 0 Å². The van der Waals surface area contributed by atoms with E-state index in [9.17, 15) is 4.79 Å². The normalized spacial score (nSPS) is 12.0. The molecule has 1 aromatic heterocycles. The third-order valence-corrected chi connectivity index (χ3v) is 3.48. The number of hydrogen-bond donors (Lipinski definition) is 1. The topological polar surface area (TPSA) is 66.5 Å². The van der Waals surface area contributed by atoms with Crippen LogP contribution < -0.4 is 20.8 Å². The molecule has 5 nitrogen and oxygen atoms in total. The maximum atomic E-state index is 11.9. The predicted octanol–water partition coefficient (Wildman–Crippen LogP) is 1.87. The van der Waals surface area contributed by atoms with Crippen LogP contribution in [0.4, 0.5) is 0 Å². The summed E-state index contributed by atoms with van der Waals surface area (Å²) in [5.41, 5.74) is 7.95. The van der Waals surface area contributed by atoms with E-state index in [4.69, 9.17) is 15.2 Å². The molecule has 2 N–H and O–H groups in total. The molecule has 1 atom stereocenters. The maximum absolute atomic E-state index is 11.9. The van der Waals surface area contributed by atoms with Gasteiger partial charge >= 0.3 is 0 Å². The Morgan fingerprint density at radius 3 is 2.48 bits per heavy atom. The molecule has 1 aromatic carbocycles. The molecular weight excluding hydrogens is 268 g/mol. The van der Waals surface area contributed by atoms with E-state index in [0.717, 1.165) is 11.3 Å². The van der Waals surface area contributed by atoms with Crippen molar-refractivity contribution in [1.82, 2.24) is 4.57 Å². The smallest absolute Gasteiger partial charge is 0.250 e. The van der Waals surface area contributed by atoms with Crippen molar-refractivity contribution in [2.45, 2.75) is 19.5 Å². The summed E-state index contributed by atoms with van der Waals surface area (Å²) < 4.78 is 12.2. The summed E-state index contributed by atoms with van der Waals surface area (Å²) in [7, 11) is 3.17. The molecule has 0 aliphatic carbocycles. The minimum atomic E-state index is -0.302. The van der Waals surface area contributed by atoms with Crippen molar-refractivity contribution >= 4 is 0 Å². The highest BCUT2D eigenvalue weighted by atomic mass is 16.5. The Hall–Kier alpha value is -2.27. The van der Waals surface area contributed by atoms with Gasteiger partial charge in [-0.3, -0.25) is 4.79 Å². The second-order valence-corrected chi connectivity index (χ2v) is 4.84. The van der Waals surface area contributed by atoms with Gasteiger partial charge in [-0.15, -0.1) is 0 Å². The minimum absolute atomic E-state index is 0.0501. The summed E-state index contributed by atoms with van der Waals surface area (Å²) in [6.45, 7) is 2.31. The van der Waals surface area contributed by atoms with Gasteiger partial charge in [0.1, 0.15) is 0 Å². The van der Waals surface area contributed by atoms with Crippen LogP contribution >= 0.6 is 0 Å². The van der Waals surface area contributed by atoms with Crippen molar-refractivity contribution in [3.8, 4) is 11.5 Å². The van der Waals surface area contributed by atoms with E-state index in [1.54, 1.807) is 24.9 Å². The molecule has 0 saturated heterocycles. The molecule has 2 aromatic rings. The lowest BCUT2D eigenvalue weighted by atomic mass is 10.1. The SMILES string of the molecule is COc1ccc(C(N)Cn2c(C)cccc2=O)cc1OC. The van der Waals surface area contributed by atoms with Crippen LogP contribution in [0.1, 0.15) is 17.3 Å². The third kappa shape index (κ3) is 3.25. The summed E-state index contributed by atoms with van der Waals surface area (Å²) in [6.07, 6.45) is 0. The summed E-state index contributed by atoms with van der Waals surface area (Å²) >= 11 is 0. The van der Waals surface area contributed by atoms with Crippen LogP contribution in [0.5, 0.6) is 11.5 Å². The van der Waals surface area contributed by atoms with Gasteiger partial charge in [0.25, 0.3) is 5.56 Å². The Morgan fingerprint density at radius 1 is 1.14 bits per heavy atom. The van der Waals surface area contributed by atoms with Crippen LogP contribution in [0.25, 0.3) is 0 Å². The number of aryl methyl sites for hydroxylation is 1. The Labute approximate surface area is 123 Å². The molecule has 1 unspecified atom stereocenters. The second-order valence-electron chi connectivity index (χ2n) is 4.84. The maximum Gasteiger partial charge on any atom is 0.250 e. The number of hydrogen-bond acceptors (Lipinski definition) is 4. The molecule has 21 heavy (non-hydrogen) atoms. The number of rotatable bonds is 5. The standard InChI is InChI=1S/C16H20N2O3/c1-11-5-4-6-16(19)18(11)10-13(17)12-7-8-14(20-2)15(9-12)21-3/h4-9,13H,10,17H2,1-3H3. The Bertz CT molecular complexity index is 679. The number of benzene rings is 1. The minimum Gasteiger partial charge on any atom is -0.493 e. The average Bonchev–Trinajstić information content (AvgIpc) is 2.50. The lowest BCUT2D eigenvalue weighted by molar-refractivity contribution is 0.354. The molecule has 0 fully saturated rings. The zero-order valence-electron chi connectivity index (χ0n) is 12.5. The van der Waals surface area contributed by atoms with Crippen LogP contribution in [0.15, 0.2) is 41.2 Å². The van der Waals surface area contributed by atoms with Crippen molar-refractivity contribution in [3.05, 3.63) is 58.0 Å². The predicted molar refractivity (Wildman–Crippen MR) is 81.9 cm³/mol. The second kappa shape index (κ2) is 6.45. The highest BCUT2D eigenvalue weighted by Gasteiger charge is 2.12.